The number of carbonyl (C=O) groups excluding carboxylic acids is 1. The summed E-state index contributed by atoms with van der Waals surface area (Å²) in [7, 11) is 0. The summed E-state index contributed by atoms with van der Waals surface area (Å²) in [5, 5.41) is 3.83. The van der Waals surface area contributed by atoms with Gasteiger partial charge in [-0.25, -0.2) is 13.8 Å². The fourth-order valence-corrected chi connectivity index (χ4v) is 5.18. The SMILES string of the molecule is O=C(C1[C@H]2CCCC[C@H]12)N1CCC(c2cc(C(F)F)n3ncnc3n2)CC1. The van der Waals surface area contributed by atoms with E-state index < -0.39 is 6.43 Å². The summed E-state index contributed by atoms with van der Waals surface area (Å²) in [5.41, 5.74) is 0.464. The highest BCUT2D eigenvalue weighted by molar-refractivity contribution is 5.82. The Kier molecular flexibility index (Phi) is 4.09. The van der Waals surface area contributed by atoms with Gasteiger partial charge in [-0.1, -0.05) is 12.8 Å². The number of rotatable bonds is 3. The molecule has 1 saturated heterocycles. The molecule has 8 heteroatoms. The molecule has 6 nitrogen and oxygen atoms in total. The van der Waals surface area contributed by atoms with Gasteiger partial charge in [0, 0.05) is 30.6 Å². The number of fused-ring (bicyclic) bond motifs is 2. The number of hydrogen-bond acceptors (Lipinski definition) is 4. The second-order valence-electron chi connectivity index (χ2n) is 8.12. The van der Waals surface area contributed by atoms with Crippen LogP contribution in [0.2, 0.25) is 0 Å². The molecule has 0 radical (unpaired) electrons. The van der Waals surface area contributed by atoms with Crippen molar-refractivity contribution in [3.63, 3.8) is 0 Å². The standard InChI is InChI=1S/C19H23F2N5O/c20-17(21)15-9-14(24-19-22-10-23-26(15)19)11-5-7-25(8-6-11)18(27)16-12-3-1-2-4-13(12)16/h9-13,16-17H,1-8H2/t12-,13-/m0/s1. The van der Waals surface area contributed by atoms with E-state index in [2.05, 4.69) is 15.1 Å². The van der Waals surface area contributed by atoms with Crippen LogP contribution in [0.25, 0.3) is 5.78 Å². The summed E-state index contributed by atoms with van der Waals surface area (Å²) < 4.78 is 27.8. The number of amides is 1. The van der Waals surface area contributed by atoms with Crippen LogP contribution in [0, 0.1) is 17.8 Å². The number of likely N-dealkylation sites (tertiary alicyclic amines) is 1. The Labute approximate surface area is 156 Å². The average molecular weight is 375 g/mol. The maximum absolute atomic E-state index is 13.4. The monoisotopic (exact) mass is 375 g/mol. The topological polar surface area (TPSA) is 63.4 Å². The fraction of sp³-hybridized carbons (Fsp3) is 0.684. The van der Waals surface area contributed by atoms with Gasteiger partial charge in [0.25, 0.3) is 12.2 Å². The molecule has 144 valence electrons. The third-order valence-corrected chi connectivity index (χ3v) is 6.69. The molecular weight excluding hydrogens is 352 g/mol. The first-order valence-corrected chi connectivity index (χ1v) is 9.91. The zero-order valence-corrected chi connectivity index (χ0v) is 15.1. The maximum atomic E-state index is 13.4. The van der Waals surface area contributed by atoms with Crippen LogP contribution in [0.5, 0.6) is 0 Å². The Balaban J connectivity index is 1.28. The molecule has 2 aromatic rings. The lowest BCUT2D eigenvalue weighted by atomic mass is 9.92. The van der Waals surface area contributed by atoms with Gasteiger partial charge >= 0.3 is 0 Å². The molecule has 1 aliphatic heterocycles. The summed E-state index contributed by atoms with van der Waals surface area (Å²) in [5.74, 6) is 2.10. The lowest BCUT2D eigenvalue weighted by Crippen LogP contribution is -2.39. The van der Waals surface area contributed by atoms with Crippen LogP contribution in [0.3, 0.4) is 0 Å². The molecule has 1 amide bonds. The van der Waals surface area contributed by atoms with E-state index in [-0.39, 0.29) is 23.3 Å². The lowest BCUT2D eigenvalue weighted by molar-refractivity contribution is -0.134. The van der Waals surface area contributed by atoms with Crippen molar-refractivity contribution in [3.8, 4) is 0 Å². The van der Waals surface area contributed by atoms with Crippen LogP contribution < -0.4 is 0 Å². The molecule has 0 aromatic carbocycles. The van der Waals surface area contributed by atoms with Gasteiger partial charge in [-0.05, 0) is 43.6 Å². The largest absolute Gasteiger partial charge is 0.342 e. The molecule has 0 bridgehead atoms. The summed E-state index contributed by atoms with van der Waals surface area (Å²) in [4.78, 5) is 23.2. The van der Waals surface area contributed by atoms with Crippen molar-refractivity contribution in [2.75, 3.05) is 13.1 Å². The third-order valence-electron chi connectivity index (χ3n) is 6.69. The van der Waals surface area contributed by atoms with Crippen molar-refractivity contribution in [2.24, 2.45) is 17.8 Å². The van der Waals surface area contributed by atoms with Gasteiger partial charge in [0.2, 0.25) is 5.91 Å². The summed E-state index contributed by atoms with van der Waals surface area (Å²) in [6, 6.07) is 1.45. The molecule has 3 fully saturated rings. The Hall–Kier alpha value is -2.12. The molecule has 27 heavy (non-hydrogen) atoms. The quantitative estimate of drug-likeness (QED) is 0.826. The van der Waals surface area contributed by atoms with E-state index in [1.165, 1.54) is 38.1 Å². The van der Waals surface area contributed by atoms with Crippen molar-refractivity contribution in [1.29, 1.82) is 0 Å². The molecule has 2 atom stereocenters. The van der Waals surface area contributed by atoms with Crippen molar-refractivity contribution >= 4 is 11.7 Å². The molecule has 0 N–H and O–H groups in total. The van der Waals surface area contributed by atoms with Crippen LogP contribution in [0.4, 0.5) is 8.78 Å². The molecule has 5 rings (SSSR count). The van der Waals surface area contributed by atoms with Crippen LogP contribution in [0.1, 0.15) is 62.3 Å². The Bertz CT molecular complexity index is 849. The van der Waals surface area contributed by atoms with E-state index >= 15 is 0 Å². The zero-order valence-electron chi connectivity index (χ0n) is 15.1. The highest BCUT2D eigenvalue weighted by Gasteiger charge is 2.55. The van der Waals surface area contributed by atoms with E-state index in [1.54, 1.807) is 0 Å². The smallest absolute Gasteiger partial charge is 0.280 e. The van der Waals surface area contributed by atoms with Crippen molar-refractivity contribution < 1.29 is 13.6 Å². The minimum Gasteiger partial charge on any atom is -0.342 e. The average Bonchev–Trinajstić information content (AvgIpc) is 3.23. The molecule has 2 aliphatic carbocycles. The van der Waals surface area contributed by atoms with Crippen molar-refractivity contribution in [1.82, 2.24) is 24.5 Å². The van der Waals surface area contributed by atoms with E-state index in [0.29, 0.717) is 36.5 Å². The minimum atomic E-state index is -2.63. The molecule has 2 saturated carbocycles. The van der Waals surface area contributed by atoms with Gasteiger partial charge < -0.3 is 4.90 Å². The first-order valence-electron chi connectivity index (χ1n) is 9.91. The molecule has 0 unspecified atom stereocenters. The summed E-state index contributed by atoms with van der Waals surface area (Å²) in [6.07, 6.45) is 5.06. The predicted molar refractivity (Wildman–Crippen MR) is 93.2 cm³/mol. The van der Waals surface area contributed by atoms with Gasteiger partial charge in [-0.15, -0.1) is 0 Å². The highest BCUT2D eigenvalue weighted by Crippen LogP contribution is 2.56. The van der Waals surface area contributed by atoms with Gasteiger partial charge in [0.1, 0.15) is 12.0 Å². The summed E-state index contributed by atoms with van der Waals surface area (Å²) in [6.45, 7) is 1.37. The zero-order chi connectivity index (χ0) is 18.5. The first kappa shape index (κ1) is 17.0. The van der Waals surface area contributed by atoms with Crippen LogP contribution in [-0.2, 0) is 4.79 Å². The molecule has 3 heterocycles. The Morgan fingerprint density at radius 3 is 2.48 bits per heavy atom. The predicted octanol–water partition coefficient (Wildman–Crippen LogP) is 3.20. The maximum Gasteiger partial charge on any atom is 0.280 e. The normalized spacial score (nSPS) is 28.6. The number of carbonyl (C=O) groups is 1. The Morgan fingerprint density at radius 2 is 1.81 bits per heavy atom. The van der Waals surface area contributed by atoms with E-state index in [4.69, 9.17) is 0 Å². The van der Waals surface area contributed by atoms with E-state index in [9.17, 15) is 13.6 Å². The molecular formula is C19H23F2N5O. The van der Waals surface area contributed by atoms with Gasteiger partial charge in [0.15, 0.2) is 0 Å². The number of hydrogen-bond donors (Lipinski definition) is 0. The highest BCUT2D eigenvalue weighted by atomic mass is 19.3. The number of alkyl halides is 2. The lowest BCUT2D eigenvalue weighted by Gasteiger charge is -2.32. The van der Waals surface area contributed by atoms with Crippen molar-refractivity contribution in [3.05, 3.63) is 23.8 Å². The number of nitrogens with zero attached hydrogens (tertiary/aromatic N) is 5. The number of aromatic nitrogens is 4. The molecule has 0 spiro atoms. The van der Waals surface area contributed by atoms with Crippen LogP contribution in [-0.4, -0.2) is 43.5 Å². The summed E-state index contributed by atoms with van der Waals surface area (Å²) >= 11 is 0. The van der Waals surface area contributed by atoms with Crippen LogP contribution >= 0.6 is 0 Å². The Morgan fingerprint density at radius 1 is 1.11 bits per heavy atom. The minimum absolute atomic E-state index is 0.0785. The number of halogens is 2. The second kappa shape index (κ2) is 6.49. The van der Waals surface area contributed by atoms with Gasteiger partial charge in [-0.3, -0.25) is 4.79 Å². The fourth-order valence-electron chi connectivity index (χ4n) is 5.18. The second-order valence-corrected chi connectivity index (χ2v) is 8.12. The van der Waals surface area contributed by atoms with E-state index in [0.717, 1.165) is 17.4 Å². The van der Waals surface area contributed by atoms with E-state index in [1.807, 2.05) is 4.90 Å². The number of piperidine rings is 1. The molecule has 3 aliphatic rings. The first-order chi connectivity index (χ1) is 13.1. The third kappa shape index (κ3) is 2.89. The molecule has 2 aromatic heterocycles. The van der Waals surface area contributed by atoms with Crippen LogP contribution in [0.15, 0.2) is 12.4 Å². The van der Waals surface area contributed by atoms with Crippen molar-refractivity contribution in [2.45, 2.75) is 50.9 Å². The van der Waals surface area contributed by atoms with Gasteiger partial charge in [-0.2, -0.15) is 14.6 Å². The van der Waals surface area contributed by atoms with Gasteiger partial charge in [0.05, 0.1) is 0 Å².